The Kier molecular flexibility index (Phi) is 6.11. The van der Waals surface area contributed by atoms with E-state index in [1.54, 1.807) is 14.0 Å². The van der Waals surface area contributed by atoms with Gasteiger partial charge >= 0.3 is 0 Å². The van der Waals surface area contributed by atoms with Crippen LogP contribution in [-0.4, -0.2) is 43.9 Å². The van der Waals surface area contributed by atoms with Gasteiger partial charge in [-0.1, -0.05) is 0 Å². The standard InChI is InChI=1S/C8H17F2NO2/c1-8(6-12,11-2)3-4-13-5-7(9)10/h7,11-12H,3-6H2,1-2H3. The van der Waals surface area contributed by atoms with Crippen LogP contribution in [0.25, 0.3) is 0 Å². The third-order valence-electron chi connectivity index (χ3n) is 1.99. The van der Waals surface area contributed by atoms with E-state index in [1.807, 2.05) is 0 Å². The van der Waals surface area contributed by atoms with Crippen LogP contribution in [0.1, 0.15) is 13.3 Å². The van der Waals surface area contributed by atoms with Crippen molar-refractivity contribution in [3.05, 3.63) is 0 Å². The zero-order chi connectivity index (χ0) is 10.3. The molecular formula is C8H17F2NO2. The first-order valence-corrected chi connectivity index (χ1v) is 4.20. The lowest BCUT2D eigenvalue weighted by Gasteiger charge is -2.26. The maximum atomic E-state index is 11.6. The number of likely N-dealkylation sites (N-methyl/N-ethyl adjacent to an activating group) is 1. The Hall–Kier alpha value is -0.260. The molecule has 0 rings (SSSR count). The number of ether oxygens (including phenoxy) is 1. The van der Waals surface area contributed by atoms with E-state index in [4.69, 9.17) is 9.84 Å². The third-order valence-corrected chi connectivity index (χ3v) is 1.99. The molecule has 0 aliphatic heterocycles. The summed E-state index contributed by atoms with van der Waals surface area (Å²) in [5.41, 5.74) is -0.442. The molecule has 0 saturated heterocycles. The molecule has 0 radical (unpaired) electrons. The lowest BCUT2D eigenvalue weighted by atomic mass is 10.0. The Bertz CT molecular complexity index is 129. The summed E-state index contributed by atoms with van der Waals surface area (Å²) in [5.74, 6) is 0. The van der Waals surface area contributed by atoms with Crippen LogP contribution in [0.4, 0.5) is 8.78 Å². The van der Waals surface area contributed by atoms with Gasteiger partial charge in [0.2, 0.25) is 0 Å². The van der Waals surface area contributed by atoms with Crippen molar-refractivity contribution in [1.29, 1.82) is 0 Å². The largest absolute Gasteiger partial charge is 0.394 e. The zero-order valence-corrected chi connectivity index (χ0v) is 8.02. The molecule has 1 unspecified atom stereocenters. The Balaban J connectivity index is 3.50. The molecule has 0 aromatic carbocycles. The van der Waals surface area contributed by atoms with Crippen molar-refractivity contribution in [1.82, 2.24) is 5.32 Å². The van der Waals surface area contributed by atoms with Crippen molar-refractivity contribution in [2.24, 2.45) is 0 Å². The summed E-state index contributed by atoms with van der Waals surface area (Å²) in [6.07, 6.45) is -1.91. The highest BCUT2D eigenvalue weighted by Crippen LogP contribution is 2.07. The van der Waals surface area contributed by atoms with E-state index in [0.29, 0.717) is 6.42 Å². The molecule has 0 heterocycles. The van der Waals surface area contributed by atoms with Gasteiger partial charge in [-0.15, -0.1) is 0 Å². The van der Waals surface area contributed by atoms with Crippen molar-refractivity contribution >= 4 is 0 Å². The van der Waals surface area contributed by atoms with Gasteiger partial charge < -0.3 is 15.2 Å². The fraction of sp³-hybridized carbons (Fsp3) is 1.00. The van der Waals surface area contributed by atoms with E-state index in [-0.39, 0.29) is 13.2 Å². The fourth-order valence-corrected chi connectivity index (χ4v) is 0.753. The van der Waals surface area contributed by atoms with Crippen molar-refractivity contribution in [2.45, 2.75) is 25.3 Å². The Morgan fingerprint density at radius 1 is 1.54 bits per heavy atom. The van der Waals surface area contributed by atoms with Crippen LogP contribution in [0.3, 0.4) is 0 Å². The van der Waals surface area contributed by atoms with E-state index in [9.17, 15) is 8.78 Å². The monoisotopic (exact) mass is 197 g/mol. The lowest BCUT2D eigenvalue weighted by Crippen LogP contribution is -2.44. The minimum Gasteiger partial charge on any atom is -0.394 e. The summed E-state index contributed by atoms with van der Waals surface area (Å²) in [6.45, 7) is 1.45. The van der Waals surface area contributed by atoms with Crippen LogP contribution in [0, 0.1) is 0 Å². The van der Waals surface area contributed by atoms with E-state index in [0.717, 1.165) is 0 Å². The van der Waals surface area contributed by atoms with Crippen molar-refractivity contribution in [3.63, 3.8) is 0 Å². The lowest BCUT2D eigenvalue weighted by molar-refractivity contribution is 0.00714. The van der Waals surface area contributed by atoms with Gasteiger partial charge in [-0.25, -0.2) is 8.78 Å². The molecule has 2 N–H and O–H groups in total. The molecule has 0 spiro atoms. The van der Waals surface area contributed by atoms with Crippen LogP contribution in [0.5, 0.6) is 0 Å². The first-order valence-electron chi connectivity index (χ1n) is 4.20. The number of hydrogen-bond donors (Lipinski definition) is 2. The quantitative estimate of drug-likeness (QED) is 0.588. The summed E-state index contributed by atoms with van der Waals surface area (Å²) in [4.78, 5) is 0. The number of alkyl halides is 2. The molecule has 0 amide bonds. The molecule has 5 heteroatoms. The van der Waals surface area contributed by atoms with E-state index < -0.39 is 18.6 Å². The predicted molar refractivity (Wildman–Crippen MR) is 46.0 cm³/mol. The van der Waals surface area contributed by atoms with Crippen LogP contribution < -0.4 is 5.32 Å². The van der Waals surface area contributed by atoms with E-state index in [1.165, 1.54) is 0 Å². The Morgan fingerprint density at radius 2 is 2.15 bits per heavy atom. The maximum Gasteiger partial charge on any atom is 0.261 e. The van der Waals surface area contributed by atoms with Gasteiger partial charge in [0.1, 0.15) is 6.61 Å². The van der Waals surface area contributed by atoms with Gasteiger partial charge in [-0.05, 0) is 20.4 Å². The summed E-state index contributed by atoms with van der Waals surface area (Å²) in [6, 6.07) is 0. The van der Waals surface area contributed by atoms with Gasteiger partial charge in [0.15, 0.2) is 0 Å². The molecule has 1 atom stereocenters. The molecule has 0 aliphatic rings. The van der Waals surface area contributed by atoms with Gasteiger partial charge in [0, 0.05) is 12.1 Å². The second-order valence-electron chi connectivity index (χ2n) is 3.18. The SMILES string of the molecule is CNC(C)(CO)CCOCC(F)F. The topological polar surface area (TPSA) is 41.5 Å². The highest BCUT2D eigenvalue weighted by Gasteiger charge is 2.20. The average molecular weight is 197 g/mol. The molecular weight excluding hydrogens is 180 g/mol. The highest BCUT2D eigenvalue weighted by atomic mass is 19.3. The Morgan fingerprint density at radius 3 is 2.54 bits per heavy atom. The van der Waals surface area contributed by atoms with Crippen LogP contribution in [0.2, 0.25) is 0 Å². The number of rotatable bonds is 7. The summed E-state index contributed by atoms with van der Waals surface area (Å²) < 4.78 is 28.0. The summed E-state index contributed by atoms with van der Waals surface area (Å²) >= 11 is 0. The molecule has 0 aromatic rings. The number of halogens is 2. The summed E-state index contributed by atoms with van der Waals surface area (Å²) in [7, 11) is 1.71. The van der Waals surface area contributed by atoms with Gasteiger partial charge in [-0.3, -0.25) is 0 Å². The van der Waals surface area contributed by atoms with E-state index in [2.05, 4.69) is 5.32 Å². The molecule has 0 bridgehead atoms. The fourth-order valence-electron chi connectivity index (χ4n) is 0.753. The van der Waals surface area contributed by atoms with Crippen LogP contribution in [0.15, 0.2) is 0 Å². The first-order chi connectivity index (χ1) is 6.04. The molecule has 0 fully saturated rings. The number of aliphatic hydroxyl groups excluding tert-OH is 1. The van der Waals surface area contributed by atoms with Gasteiger partial charge in [0.25, 0.3) is 6.43 Å². The van der Waals surface area contributed by atoms with Crippen LogP contribution in [-0.2, 0) is 4.74 Å². The zero-order valence-electron chi connectivity index (χ0n) is 8.02. The van der Waals surface area contributed by atoms with E-state index >= 15 is 0 Å². The highest BCUT2D eigenvalue weighted by molar-refractivity contribution is 4.79. The van der Waals surface area contributed by atoms with Crippen molar-refractivity contribution in [3.8, 4) is 0 Å². The number of nitrogens with one attached hydrogen (secondary N) is 1. The average Bonchev–Trinajstić information content (AvgIpc) is 2.12. The molecule has 13 heavy (non-hydrogen) atoms. The first kappa shape index (κ1) is 12.7. The summed E-state index contributed by atoms with van der Waals surface area (Å²) in [5, 5.41) is 11.8. The van der Waals surface area contributed by atoms with Gasteiger partial charge in [0.05, 0.1) is 6.61 Å². The smallest absolute Gasteiger partial charge is 0.261 e. The van der Waals surface area contributed by atoms with Crippen molar-refractivity contribution < 1.29 is 18.6 Å². The maximum absolute atomic E-state index is 11.6. The molecule has 80 valence electrons. The molecule has 0 aromatic heterocycles. The third kappa shape index (κ3) is 5.90. The minimum atomic E-state index is -2.42. The molecule has 3 nitrogen and oxygen atoms in total. The number of aliphatic hydroxyl groups is 1. The predicted octanol–water partition coefficient (Wildman–Crippen LogP) is 0.629. The second kappa shape index (κ2) is 6.23. The normalized spacial score (nSPS) is 16.2. The van der Waals surface area contributed by atoms with Crippen molar-refractivity contribution in [2.75, 3.05) is 26.9 Å². The number of hydrogen-bond acceptors (Lipinski definition) is 3. The minimum absolute atomic E-state index is 0.0401. The molecule has 0 aliphatic carbocycles. The molecule has 0 saturated carbocycles. The van der Waals surface area contributed by atoms with Crippen LogP contribution >= 0.6 is 0 Å². The second-order valence-corrected chi connectivity index (χ2v) is 3.18. The van der Waals surface area contributed by atoms with Gasteiger partial charge in [-0.2, -0.15) is 0 Å². The Labute approximate surface area is 77.1 Å².